The summed E-state index contributed by atoms with van der Waals surface area (Å²) in [6.45, 7) is 5.51. The molecule has 4 aromatic carbocycles. The van der Waals surface area contributed by atoms with Gasteiger partial charge < -0.3 is 10.2 Å². The molecule has 1 N–H and O–H groups in total. The van der Waals surface area contributed by atoms with Crippen LogP contribution in [0.1, 0.15) is 59.9 Å². The fourth-order valence-electron chi connectivity index (χ4n) is 6.07. The minimum atomic E-state index is -4.13. The molecular formula is C39H45N3O4S. The molecule has 5 rings (SSSR count). The van der Waals surface area contributed by atoms with Gasteiger partial charge in [-0.2, -0.15) is 0 Å². The normalized spacial score (nSPS) is 14.3. The molecule has 8 heteroatoms. The third-order valence-electron chi connectivity index (χ3n) is 8.91. The Bertz CT molecular complexity index is 1730. The van der Waals surface area contributed by atoms with Gasteiger partial charge in [-0.05, 0) is 69.0 Å². The van der Waals surface area contributed by atoms with Gasteiger partial charge in [0.25, 0.3) is 10.0 Å². The van der Waals surface area contributed by atoms with Crippen LogP contribution < -0.4 is 9.62 Å². The lowest BCUT2D eigenvalue weighted by molar-refractivity contribution is -0.140. The van der Waals surface area contributed by atoms with Gasteiger partial charge in [-0.25, -0.2) is 8.42 Å². The summed E-state index contributed by atoms with van der Waals surface area (Å²) in [4.78, 5) is 30.5. The predicted molar refractivity (Wildman–Crippen MR) is 188 cm³/mol. The number of benzene rings is 4. The third kappa shape index (κ3) is 8.89. The summed E-state index contributed by atoms with van der Waals surface area (Å²) in [6.07, 6.45) is 5.39. The van der Waals surface area contributed by atoms with Gasteiger partial charge in [-0.3, -0.25) is 13.9 Å². The Kier molecular flexibility index (Phi) is 11.1. The van der Waals surface area contributed by atoms with Crippen LogP contribution in [0, 0.1) is 20.8 Å². The van der Waals surface area contributed by atoms with Gasteiger partial charge in [0.15, 0.2) is 0 Å². The summed E-state index contributed by atoms with van der Waals surface area (Å²) in [7, 11) is -4.13. The van der Waals surface area contributed by atoms with E-state index < -0.39 is 28.5 Å². The molecule has 0 radical (unpaired) electrons. The number of sulfonamides is 1. The quantitative estimate of drug-likeness (QED) is 0.181. The van der Waals surface area contributed by atoms with E-state index in [4.69, 9.17) is 0 Å². The number of carbonyl (C=O) groups excluding carboxylic acids is 2. The van der Waals surface area contributed by atoms with Crippen molar-refractivity contribution >= 4 is 27.5 Å². The van der Waals surface area contributed by atoms with E-state index in [1.807, 2.05) is 87.5 Å². The first-order chi connectivity index (χ1) is 22.6. The van der Waals surface area contributed by atoms with Crippen LogP contribution in [0.5, 0.6) is 0 Å². The van der Waals surface area contributed by atoms with E-state index in [9.17, 15) is 18.0 Å². The standard InChI is InChI=1S/C39H45N3O4S/c1-29-14-20-33(21-15-29)27-41(37(26-32-10-6-4-7-11-32)39(44)40-34-12-8-5-9-13-34)38(43)28-42(35-22-16-30(2)17-23-35)47(45,46)36-24-18-31(3)19-25-36/h4,6-7,10-11,14-25,34,37H,5,8-9,12-13,26-28H2,1-3H3,(H,40,44)/t37-/m1/s1. The molecule has 1 saturated carbocycles. The van der Waals surface area contributed by atoms with Crippen LogP contribution in [0.2, 0.25) is 0 Å². The molecule has 0 spiro atoms. The summed E-state index contributed by atoms with van der Waals surface area (Å²) >= 11 is 0. The lowest BCUT2D eigenvalue weighted by Gasteiger charge is -2.35. The SMILES string of the molecule is Cc1ccc(CN(C(=O)CN(c2ccc(C)cc2)S(=O)(=O)c2ccc(C)cc2)[C@H](Cc2ccccc2)C(=O)NC2CCCCC2)cc1. The van der Waals surface area contributed by atoms with E-state index in [2.05, 4.69) is 5.32 Å². The van der Waals surface area contributed by atoms with Gasteiger partial charge in [-0.15, -0.1) is 0 Å². The first-order valence-electron chi connectivity index (χ1n) is 16.5. The fraction of sp³-hybridized carbons (Fsp3) is 0.333. The molecular weight excluding hydrogens is 607 g/mol. The first-order valence-corrected chi connectivity index (χ1v) is 17.9. The number of amides is 2. The van der Waals surface area contributed by atoms with Crippen molar-refractivity contribution in [2.45, 2.75) is 82.8 Å². The van der Waals surface area contributed by atoms with Crippen molar-refractivity contribution in [2.24, 2.45) is 0 Å². The second-order valence-electron chi connectivity index (χ2n) is 12.7. The molecule has 2 amide bonds. The number of nitrogens with one attached hydrogen (secondary N) is 1. The number of hydrogen-bond donors (Lipinski definition) is 1. The molecule has 1 aliphatic rings. The Morgan fingerprint density at radius 1 is 0.723 bits per heavy atom. The predicted octanol–water partition coefficient (Wildman–Crippen LogP) is 6.90. The molecule has 7 nitrogen and oxygen atoms in total. The van der Waals surface area contributed by atoms with Crippen LogP contribution in [0.25, 0.3) is 0 Å². The number of carbonyl (C=O) groups is 2. The highest BCUT2D eigenvalue weighted by molar-refractivity contribution is 7.92. The van der Waals surface area contributed by atoms with E-state index in [1.165, 1.54) is 4.31 Å². The highest BCUT2D eigenvalue weighted by Crippen LogP contribution is 2.26. The molecule has 1 aliphatic carbocycles. The Morgan fingerprint density at radius 3 is 1.87 bits per heavy atom. The Balaban J connectivity index is 1.55. The molecule has 4 aromatic rings. The molecule has 0 heterocycles. The molecule has 0 unspecified atom stereocenters. The van der Waals surface area contributed by atoms with Gasteiger partial charge >= 0.3 is 0 Å². The zero-order valence-electron chi connectivity index (χ0n) is 27.6. The maximum atomic E-state index is 14.7. The number of nitrogens with zero attached hydrogens (tertiary/aromatic N) is 2. The Labute approximate surface area is 279 Å². The van der Waals surface area contributed by atoms with Crippen molar-refractivity contribution in [3.05, 3.63) is 131 Å². The van der Waals surface area contributed by atoms with Gasteiger partial charge in [0.1, 0.15) is 12.6 Å². The maximum Gasteiger partial charge on any atom is 0.264 e. The van der Waals surface area contributed by atoms with Crippen molar-refractivity contribution in [3.63, 3.8) is 0 Å². The van der Waals surface area contributed by atoms with E-state index >= 15 is 0 Å². The van der Waals surface area contributed by atoms with Crippen LogP contribution in [-0.4, -0.2) is 43.8 Å². The lowest BCUT2D eigenvalue weighted by Crippen LogP contribution is -2.55. The second-order valence-corrected chi connectivity index (χ2v) is 14.6. The largest absolute Gasteiger partial charge is 0.352 e. The lowest BCUT2D eigenvalue weighted by atomic mass is 9.94. The van der Waals surface area contributed by atoms with Crippen molar-refractivity contribution in [1.82, 2.24) is 10.2 Å². The van der Waals surface area contributed by atoms with Crippen LogP contribution in [0.15, 0.2) is 108 Å². The minimum absolute atomic E-state index is 0.0526. The molecule has 47 heavy (non-hydrogen) atoms. The Hall–Kier alpha value is -4.43. The molecule has 1 atom stereocenters. The van der Waals surface area contributed by atoms with Crippen molar-refractivity contribution in [3.8, 4) is 0 Å². The van der Waals surface area contributed by atoms with Crippen LogP contribution in [0.4, 0.5) is 5.69 Å². The molecule has 0 aromatic heterocycles. The highest BCUT2D eigenvalue weighted by Gasteiger charge is 2.35. The minimum Gasteiger partial charge on any atom is -0.352 e. The molecule has 1 fully saturated rings. The topological polar surface area (TPSA) is 86.8 Å². The average Bonchev–Trinajstić information content (AvgIpc) is 3.07. The maximum absolute atomic E-state index is 14.7. The molecule has 246 valence electrons. The average molecular weight is 652 g/mol. The third-order valence-corrected chi connectivity index (χ3v) is 10.7. The van der Waals surface area contributed by atoms with E-state index in [1.54, 1.807) is 41.3 Å². The summed E-state index contributed by atoms with van der Waals surface area (Å²) in [5.41, 5.74) is 5.13. The number of rotatable bonds is 12. The van der Waals surface area contributed by atoms with E-state index in [-0.39, 0.29) is 23.4 Å². The highest BCUT2D eigenvalue weighted by atomic mass is 32.2. The van der Waals surface area contributed by atoms with Gasteiger partial charge in [0.05, 0.1) is 10.6 Å². The molecule has 0 aliphatic heterocycles. The van der Waals surface area contributed by atoms with Crippen LogP contribution in [0.3, 0.4) is 0 Å². The summed E-state index contributed by atoms with van der Waals surface area (Å²) < 4.78 is 29.6. The number of aryl methyl sites for hydroxylation is 3. The van der Waals surface area contributed by atoms with Crippen LogP contribution in [-0.2, 0) is 32.6 Å². The van der Waals surface area contributed by atoms with Crippen molar-refractivity contribution in [1.29, 1.82) is 0 Å². The van der Waals surface area contributed by atoms with E-state index in [0.717, 1.165) is 59.9 Å². The monoisotopic (exact) mass is 651 g/mol. The Morgan fingerprint density at radius 2 is 1.28 bits per heavy atom. The van der Waals surface area contributed by atoms with Gasteiger partial charge in [0.2, 0.25) is 11.8 Å². The molecule has 0 saturated heterocycles. The molecule has 0 bridgehead atoms. The summed E-state index contributed by atoms with van der Waals surface area (Å²) in [5, 5.41) is 3.26. The van der Waals surface area contributed by atoms with Gasteiger partial charge in [0, 0.05) is 19.0 Å². The smallest absolute Gasteiger partial charge is 0.264 e. The van der Waals surface area contributed by atoms with Crippen molar-refractivity contribution in [2.75, 3.05) is 10.8 Å². The zero-order valence-corrected chi connectivity index (χ0v) is 28.4. The second kappa shape index (κ2) is 15.4. The summed E-state index contributed by atoms with van der Waals surface area (Å²) in [6, 6.07) is 30.5. The number of anilines is 1. The van der Waals surface area contributed by atoms with Crippen molar-refractivity contribution < 1.29 is 18.0 Å². The summed E-state index contributed by atoms with van der Waals surface area (Å²) in [5.74, 6) is -0.675. The zero-order chi connectivity index (χ0) is 33.4. The number of hydrogen-bond acceptors (Lipinski definition) is 4. The van der Waals surface area contributed by atoms with Crippen LogP contribution >= 0.6 is 0 Å². The first kappa shape index (κ1) is 33.9. The van der Waals surface area contributed by atoms with Gasteiger partial charge in [-0.1, -0.05) is 115 Å². The van der Waals surface area contributed by atoms with E-state index in [0.29, 0.717) is 12.1 Å². The fourth-order valence-corrected chi connectivity index (χ4v) is 7.48.